The molecule has 2 heterocycles. The molecule has 1 atom stereocenters. The molecule has 20 heavy (non-hydrogen) atoms. The molecule has 1 fully saturated rings. The van der Waals surface area contributed by atoms with Gasteiger partial charge < -0.3 is 4.90 Å². The van der Waals surface area contributed by atoms with Crippen molar-refractivity contribution in [3.05, 3.63) is 29.0 Å². The van der Waals surface area contributed by atoms with Gasteiger partial charge >= 0.3 is 0 Å². The Morgan fingerprint density at radius 2 is 2.10 bits per heavy atom. The number of carbonyl (C=O) groups excluding carboxylic acids is 2. The normalized spacial score (nSPS) is 19.2. The second kappa shape index (κ2) is 5.52. The van der Waals surface area contributed by atoms with Gasteiger partial charge in [0.15, 0.2) is 5.78 Å². The van der Waals surface area contributed by atoms with Crippen molar-refractivity contribution in [2.75, 3.05) is 6.54 Å². The molecule has 5 heteroatoms. The van der Waals surface area contributed by atoms with Crippen molar-refractivity contribution in [2.45, 2.75) is 39.7 Å². The van der Waals surface area contributed by atoms with Crippen molar-refractivity contribution >= 4 is 23.3 Å². The number of aromatic nitrogens is 1. The number of likely N-dealkylation sites (tertiary alicyclic amines) is 1. The number of nitrogens with zero attached hydrogens (tertiary/aromatic N) is 2. The Hall–Kier alpha value is -1.42. The van der Waals surface area contributed by atoms with Gasteiger partial charge in [-0.3, -0.25) is 14.6 Å². The Bertz CT molecular complexity index is 537. The summed E-state index contributed by atoms with van der Waals surface area (Å²) in [6.07, 6.45) is 3.08. The monoisotopic (exact) mass is 294 g/mol. The number of Topliss-reactive ketones (excluding diaryl/α,β-unsaturated/α-hetero) is 1. The molecule has 0 aromatic carbocycles. The topological polar surface area (TPSA) is 50.3 Å². The van der Waals surface area contributed by atoms with Crippen LogP contribution in [0.1, 0.15) is 44.1 Å². The minimum absolute atomic E-state index is 0.102. The minimum atomic E-state index is -0.449. The maximum absolute atomic E-state index is 12.5. The zero-order chi connectivity index (χ0) is 14.9. The van der Waals surface area contributed by atoms with Gasteiger partial charge in [-0.2, -0.15) is 0 Å². The summed E-state index contributed by atoms with van der Waals surface area (Å²) >= 11 is 5.89. The number of carbonyl (C=O) groups is 2. The largest absolute Gasteiger partial charge is 0.327 e. The molecule has 0 N–H and O–H groups in total. The van der Waals surface area contributed by atoms with Crippen molar-refractivity contribution in [3.8, 4) is 0 Å². The van der Waals surface area contributed by atoms with E-state index in [-0.39, 0.29) is 17.7 Å². The number of rotatable bonds is 2. The van der Waals surface area contributed by atoms with E-state index in [1.165, 1.54) is 6.20 Å². The standard InChI is InChI=1S/C15H19ClN2O2/c1-15(2,3)13(19)12-5-4-8-18(12)14(20)11-9-10(16)6-7-17-11/h6-7,9,12H,4-5,8H2,1-3H3/t12-/m0/s1. The average Bonchev–Trinajstić information content (AvgIpc) is 2.84. The SMILES string of the molecule is CC(C)(C)C(=O)[C@@H]1CCCN1C(=O)c1cc(Cl)ccn1. The van der Waals surface area contributed by atoms with Gasteiger partial charge in [0.2, 0.25) is 0 Å². The zero-order valence-electron chi connectivity index (χ0n) is 12.0. The molecular weight excluding hydrogens is 276 g/mol. The van der Waals surface area contributed by atoms with Crippen LogP contribution in [0.3, 0.4) is 0 Å². The van der Waals surface area contributed by atoms with Crippen LogP contribution in [-0.2, 0) is 4.79 Å². The molecule has 1 aromatic heterocycles. The Labute approximate surface area is 124 Å². The predicted molar refractivity (Wildman–Crippen MR) is 77.8 cm³/mol. The molecule has 1 amide bonds. The second-order valence-electron chi connectivity index (χ2n) is 6.13. The van der Waals surface area contributed by atoms with Crippen LogP contribution in [0.2, 0.25) is 5.02 Å². The lowest BCUT2D eigenvalue weighted by atomic mass is 9.85. The summed E-state index contributed by atoms with van der Waals surface area (Å²) in [5, 5.41) is 0.473. The van der Waals surface area contributed by atoms with Gasteiger partial charge in [0.25, 0.3) is 5.91 Å². The van der Waals surface area contributed by atoms with Gasteiger partial charge in [0.1, 0.15) is 5.69 Å². The predicted octanol–water partition coefficient (Wildman–Crippen LogP) is 2.95. The summed E-state index contributed by atoms with van der Waals surface area (Å²) < 4.78 is 0. The Morgan fingerprint density at radius 3 is 2.70 bits per heavy atom. The highest BCUT2D eigenvalue weighted by molar-refractivity contribution is 6.30. The van der Waals surface area contributed by atoms with E-state index in [0.29, 0.717) is 17.3 Å². The van der Waals surface area contributed by atoms with E-state index in [0.717, 1.165) is 12.8 Å². The third-order valence-corrected chi connectivity index (χ3v) is 3.73. The molecular formula is C15H19ClN2O2. The molecule has 4 nitrogen and oxygen atoms in total. The first kappa shape index (κ1) is 15.0. The maximum Gasteiger partial charge on any atom is 0.273 e. The van der Waals surface area contributed by atoms with Crippen molar-refractivity contribution in [3.63, 3.8) is 0 Å². The molecule has 1 aliphatic heterocycles. The molecule has 1 aliphatic rings. The number of hydrogen-bond acceptors (Lipinski definition) is 3. The van der Waals surface area contributed by atoms with E-state index in [2.05, 4.69) is 4.98 Å². The van der Waals surface area contributed by atoms with Crippen LogP contribution in [0.5, 0.6) is 0 Å². The Balaban J connectivity index is 2.23. The lowest BCUT2D eigenvalue weighted by Gasteiger charge is -2.28. The Morgan fingerprint density at radius 1 is 1.40 bits per heavy atom. The molecule has 0 saturated carbocycles. The van der Waals surface area contributed by atoms with Crippen molar-refractivity contribution in [1.82, 2.24) is 9.88 Å². The van der Waals surface area contributed by atoms with Gasteiger partial charge in [-0.25, -0.2) is 0 Å². The van der Waals surface area contributed by atoms with E-state index in [9.17, 15) is 9.59 Å². The summed E-state index contributed by atoms with van der Waals surface area (Å²) in [7, 11) is 0. The fourth-order valence-corrected chi connectivity index (χ4v) is 2.61. The van der Waals surface area contributed by atoms with Crippen LogP contribution in [0.4, 0.5) is 0 Å². The lowest BCUT2D eigenvalue weighted by molar-refractivity contribution is -0.130. The first-order valence-corrected chi connectivity index (χ1v) is 7.15. The van der Waals surface area contributed by atoms with E-state index in [1.54, 1.807) is 17.0 Å². The van der Waals surface area contributed by atoms with E-state index in [4.69, 9.17) is 11.6 Å². The van der Waals surface area contributed by atoms with Crippen LogP contribution in [-0.4, -0.2) is 34.2 Å². The molecule has 0 bridgehead atoms. The fraction of sp³-hybridized carbons (Fsp3) is 0.533. The highest BCUT2D eigenvalue weighted by Gasteiger charge is 2.39. The van der Waals surface area contributed by atoms with Crippen LogP contribution < -0.4 is 0 Å². The summed E-state index contributed by atoms with van der Waals surface area (Å²) in [4.78, 5) is 30.6. The van der Waals surface area contributed by atoms with Crippen molar-refractivity contribution in [2.24, 2.45) is 5.41 Å². The van der Waals surface area contributed by atoms with Gasteiger partial charge in [0, 0.05) is 23.2 Å². The highest BCUT2D eigenvalue weighted by Crippen LogP contribution is 2.27. The zero-order valence-corrected chi connectivity index (χ0v) is 12.8. The van der Waals surface area contributed by atoms with Crippen molar-refractivity contribution < 1.29 is 9.59 Å². The molecule has 2 rings (SSSR count). The molecule has 1 aromatic rings. The molecule has 108 valence electrons. The van der Waals surface area contributed by atoms with Gasteiger partial charge in [-0.15, -0.1) is 0 Å². The quantitative estimate of drug-likeness (QED) is 0.842. The lowest BCUT2D eigenvalue weighted by Crippen LogP contribution is -2.45. The minimum Gasteiger partial charge on any atom is -0.327 e. The maximum atomic E-state index is 12.5. The molecule has 0 radical (unpaired) electrons. The smallest absolute Gasteiger partial charge is 0.273 e. The fourth-order valence-electron chi connectivity index (χ4n) is 2.45. The highest BCUT2D eigenvalue weighted by atomic mass is 35.5. The molecule has 0 aliphatic carbocycles. The molecule has 0 unspecified atom stereocenters. The van der Waals surface area contributed by atoms with Gasteiger partial charge in [-0.1, -0.05) is 32.4 Å². The molecule has 0 spiro atoms. The van der Waals surface area contributed by atoms with E-state index < -0.39 is 5.41 Å². The van der Waals surface area contributed by atoms with E-state index >= 15 is 0 Å². The second-order valence-corrected chi connectivity index (χ2v) is 6.57. The Kier molecular flexibility index (Phi) is 4.14. The van der Waals surface area contributed by atoms with Crippen LogP contribution in [0.15, 0.2) is 18.3 Å². The number of hydrogen-bond donors (Lipinski definition) is 0. The summed E-state index contributed by atoms with van der Waals surface area (Å²) in [5.74, 6) is -0.113. The first-order valence-electron chi connectivity index (χ1n) is 6.77. The van der Waals surface area contributed by atoms with Gasteiger partial charge in [-0.05, 0) is 25.0 Å². The summed E-state index contributed by atoms with van der Waals surface area (Å²) in [6.45, 7) is 6.25. The molecule has 1 saturated heterocycles. The first-order chi connectivity index (χ1) is 9.30. The summed E-state index contributed by atoms with van der Waals surface area (Å²) in [5.41, 5.74) is -0.152. The summed E-state index contributed by atoms with van der Waals surface area (Å²) in [6, 6.07) is 2.82. The van der Waals surface area contributed by atoms with E-state index in [1.807, 2.05) is 20.8 Å². The van der Waals surface area contributed by atoms with Crippen LogP contribution >= 0.6 is 11.6 Å². The number of amides is 1. The van der Waals surface area contributed by atoms with Gasteiger partial charge in [0.05, 0.1) is 6.04 Å². The number of pyridine rings is 1. The van der Waals surface area contributed by atoms with Crippen LogP contribution in [0, 0.1) is 5.41 Å². The average molecular weight is 295 g/mol. The third-order valence-electron chi connectivity index (χ3n) is 3.50. The van der Waals surface area contributed by atoms with Crippen LogP contribution in [0.25, 0.3) is 0 Å². The number of halogens is 1. The van der Waals surface area contributed by atoms with Crippen molar-refractivity contribution in [1.29, 1.82) is 0 Å². The number of ketones is 1. The third kappa shape index (κ3) is 3.01.